The minimum absolute atomic E-state index is 0.418. The Morgan fingerprint density at radius 3 is 2.08 bits per heavy atom. The molecule has 0 aromatic rings. The molecule has 0 aliphatic heterocycles. The molecule has 0 aromatic carbocycles. The second-order valence-corrected chi connectivity index (χ2v) is 4.50. The normalized spacial score (nSPS) is 18.1. The molecule has 1 aliphatic carbocycles. The van der Waals surface area contributed by atoms with Crippen molar-refractivity contribution in [3.05, 3.63) is 22.8 Å². The van der Waals surface area contributed by atoms with E-state index >= 15 is 0 Å². The molecule has 0 amide bonds. The SMILES string of the molecule is CCC(C)(CC)C1=CCC(C)=C1C. The molecular formula is C13H22. The van der Waals surface area contributed by atoms with Crippen molar-refractivity contribution >= 4 is 0 Å². The van der Waals surface area contributed by atoms with Gasteiger partial charge in [0, 0.05) is 0 Å². The Morgan fingerprint density at radius 2 is 1.77 bits per heavy atom. The number of hydrogen-bond donors (Lipinski definition) is 0. The zero-order valence-corrected chi connectivity index (χ0v) is 9.70. The smallest absolute Gasteiger partial charge is 0.00809 e. The molecule has 0 saturated carbocycles. The lowest BCUT2D eigenvalue weighted by atomic mass is 9.75. The summed E-state index contributed by atoms with van der Waals surface area (Å²) >= 11 is 0. The van der Waals surface area contributed by atoms with Crippen LogP contribution in [0.2, 0.25) is 0 Å². The van der Waals surface area contributed by atoms with Crippen LogP contribution in [0.3, 0.4) is 0 Å². The second-order valence-electron chi connectivity index (χ2n) is 4.50. The van der Waals surface area contributed by atoms with Gasteiger partial charge in [0.25, 0.3) is 0 Å². The van der Waals surface area contributed by atoms with E-state index in [2.05, 4.69) is 40.7 Å². The van der Waals surface area contributed by atoms with E-state index in [9.17, 15) is 0 Å². The zero-order chi connectivity index (χ0) is 10.1. The Kier molecular flexibility index (Phi) is 3.00. The standard InChI is InChI=1S/C13H22/c1-6-13(5,7-2)12-9-8-10(3)11(12)4/h9H,6-8H2,1-5H3. The van der Waals surface area contributed by atoms with E-state index in [1.165, 1.54) is 19.3 Å². The summed E-state index contributed by atoms with van der Waals surface area (Å²) in [4.78, 5) is 0. The first-order valence-corrected chi connectivity index (χ1v) is 5.42. The first kappa shape index (κ1) is 10.6. The van der Waals surface area contributed by atoms with Crippen molar-refractivity contribution < 1.29 is 0 Å². The van der Waals surface area contributed by atoms with E-state index in [0.29, 0.717) is 5.41 Å². The molecular weight excluding hydrogens is 156 g/mol. The van der Waals surface area contributed by atoms with Gasteiger partial charge in [0.1, 0.15) is 0 Å². The van der Waals surface area contributed by atoms with Crippen LogP contribution in [0.25, 0.3) is 0 Å². The molecule has 1 aliphatic rings. The van der Waals surface area contributed by atoms with Crippen LogP contribution in [0.4, 0.5) is 0 Å². The van der Waals surface area contributed by atoms with Gasteiger partial charge in [-0.2, -0.15) is 0 Å². The van der Waals surface area contributed by atoms with Crippen molar-refractivity contribution in [2.75, 3.05) is 0 Å². The van der Waals surface area contributed by atoms with Crippen molar-refractivity contribution in [3.63, 3.8) is 0 Å². The summed E-state index contributed by atoms with van der Waals surface area (Å²) in [5.74, 6) is 0. The highest BCUT2D eigenvalue weighted by atomic mass is 14.3. The Labute approximate surface area is 82.7 Å². The molecule has 74 valence electrons. The topological polar surface area (TPSA) is 0 Å². The van der Waals surface area contributed by atoms with E-state index < -0.39 is 0 Å². The van der Waals surface area contributed by atoms with Crippen LogP contribution < -0.4 is 0 Å². The molecule has 0 unspecified atom stereocenters. The van der Waals surface area contributed by atoms with Gasteiger partial charge in [-0.25, -0.2) is 0 Å². The largest absolute Gasteiger partial charge is 0.0764 e. The molecule has 0 bridgehead atoms. The summed E-state index contributed by atoms with van der Waals surface area (Å²) < 4.78 is 0. The molecule has 0 saturated heterocycles. The first-order chi connectivity index (χ1) is 6.05. The Bertz CT molecular complexity index is 249. The van der Waals surface area contributed by atoms with Crippen LogP contribution in [-0.2, 0) is 0 Å². The summed E-state index contributed by atoms with van der Waals surface area (Å²) in [6.07, 6.45) is 6.11. The fourth-order valence-corrected chi connectivity index (χ4v) is 2.12. The van der Waals surface area contributed by atoms with Crippen LogP contribution in [0, 0.1) is 5.41 Å². The second kappa shape index (κ2) is 3.69. The summed E-state index contributed by atoms with van der Waals surface area (Å²) in [6, 6.07) is 0. The minimum atomic E-state index is 0.418. The Morgan fingerprint density at radius 1 is 1.23 bits per heavy atom. The Hall–Kier alpha value is -0.520. The van der Waals surface area contributed by atoms with Gasteiger partial charge < -0.3 is 0 Å². The van der Waals surface area contributed by atoms with Crippen molar-refractivity contribution in [1.82, 2.24) is 0 Å². The predicted octanol–water partition coefficient (Wildman–Crippen LogP) is 4.48. The highest BCUT2D eigenvalue weighted by molar-refractivity contribution is 5.43. The average molecular weight is 178 g/mol. The van der Waals surface area contributed by atoms with Crippen molar-refractivity contribution in [3.8, 4) is 0 Å². The molecule has 0 radical (unpaired) electrons. The number of allylic oxidation sites excluding steroid dienone is 4. The quantitative estimate of drug-likeness (QED) is 0.597. The van der Waals surface area contributed by atoms with Crippen LogP contribution >= 0.6 is 0 Å². The fraction of sp³-hybridized carbons (Fsp3) is 0.692. The molecule has 0 spiro atoms. The maximum atomic E-state index is 2.43. The third kappa shape index (κ3) is 1.72. The van der Waals surface area contributed by atoms with Gasteiger partial charge in [0.05, 0.1) is 0 Å². The van der Waals surface area contributed by atoms with Crippen LogP contribution in [-0.4, -0.2) is 0 Å². The van der Waals surface area contributed by atoms with Gasteiger partial charge >= 0.3 is 0 Å². The van der Waals surface area contributed by atoms with Crippen LogP contribution in [0.5, 0.6) is 0 Å². The average Bonchev–Trinajstić information content (AvgIpc) is 2.47. The Balaban J connectivity index is 2.96. The van der Waals surface area contributed by atoms with Crippen molar-refractivity contribution in [2.24, 2.45) is 5.41 Å². The fourth-order valence-electron chi connectivity index (χ4n) is 2.12. The first-order valence-electron chi connectivity index (χ1n) is 5.42. The van der Waals surface area contributed by atoms with Crippen molar-refractivity contribution in [1.29, 1.82) is 0 Å². The third-order valence-electron chi connectivity index (χ3n) is 3.87. The molecule has 0 heterocycles. The lowest BCUT2D eigenvalue weighted by Crippen LogP contribution is -2.17. The third-order valence-corrected chi connectivity index (χ3v) is 3.87. The zero-order valence-electron chi connectivity index (χ0n) is 9.70. The molecule has 0 aromatic heterocycles. The summed E-state index contributed by atoms with van der Waals surface area (Å²) in [5, 5.41) is 0. The van der Waals surface area contributed by atoms with Gasteiger partial charge in [-0.05, 0) is 49.7 Å². The maximum absolute atomic E-state index is 2.43. The minimum Gasteiger partial charge on any atom is -0.0764 e. The summed E-state index contributed by atoms with van der Waals surface area (Å²) in [7, 11) is 0. The van der Waals surface area contributed by atoms with Gasteiger partial charge in [0.2, 0.25) is 0 Å². The lowest BCUT2D eigenvalue weighted by Gasteiger charge is -2.29. The highest BCUT2D eigenvalue weighted by Gasteiger charge is 2.28. The van der Waals surface area contributed by atoms with E-state index in [4.69, 9.17) is 0 Å². The van der Waals surface area contributed by atoms with Gasteiger partial charge in [0.15, 0.2) is 0 Å². The van der Waals surface area contributed by atoms with Crippen LogP contribution in [0.15, 0.2) is 22.8 Å². The molecule has 0 nitrogen and oxygen atoms in total. The monoisotopic (exact) mass is 178 g/mol. The van der Waals surface area contributed by atoms with Crippen molar-refractivity contribution in [2.45, 2.75) is 53.9 Å². The molecule has 0 atom stereocenters. The van der Waals surface area contributed by atoms with E-state index in [0.717, 1.165) is 0 Å². The number of hydrogen-bond acceptors (Lipinski definition) is 0. The predicted molar refractivity (Wildman–Crippen MR) is 59.8 cm³/mol. The van der Waals surface area contributed by atoms with Gasteiger partial charge in [-0.1, -0.05) is 32.4 Å². The summed E-state index contributed by atoms with van der Waals surface area (Å²) in [6.45, 7) is 11.5. The molecule has 13 heavy (non-hydrogen) atoms. The highest BCUT2D eigenvalue weighted by Crippen LogP contribution is 2.42. The number of rotatable bonds is 3. The van der Waals surface area contributed by atoms with Gasteiger partial charge in [-0.3, -0.25) is 0 Å². The maximum Gasteiger partial charge on any atom is -0.00809 e. The van der Waals surface area contributed by atoms with Gasteiger partial charge in [-0.15, -0.1) is 0 Å². The summed E-state index contributed by atoms with van der Waals surface area (Å²) in [5.41, 5.74) is 5.13. The van der Waals surface area contributed by atoms with Crippen LogP contribution in [0.1, 0.15) is 53.9 Å². The van der Waals surface area contributed by atoms with E-state index in [1.807, 2.05) is 0 Å². The lowest BCUT2D eigenvalue weighted by molar-refractivity contribution is 0.373. The molecule has 1 rings (SSSR count). The molecule has 0 N–H and O–H groups in total. The van der Waals surface area contributed by atoms with E-state index in [-0.39, 0.29) is 0 Å². The molecule has 0 heteroatoms. The van der Waals surface area contributed by atoms with E-state index in [1.54, 1.807) is 16.7 Å². The molecule has 0 fully saturated rings.